The molecular formula is C17H19N7O. The Labute approximate surface area is 145 Å². The molecule has 0 bridgehead atoms. The van der Waals surface area contributed by atoms with E-state index in [1.165, 1.54) is 0 Å². The number of rotatable bonds is 8. The van der Waals surface area contributed by atoms with Crippen LogP contribution < -0.4 is 0 Å². The van der Waals surface area contributed by atoms with Crippen LogP contribution in [0.25, 0.3) is 11.4 Å². The van der Waals surface area contributed by atoms with Crippen molar-refractivity contribution >= 4 is 5.91 Å². The molecule has 0 spiro atoms. The summed E-state index contributed by atoms with van der Waals surface area (Å²) in [6.45, 7) is 0.510. The van der Waals surface area contributed by atoms with Gasteiger partial charge in [0.1, 0.15) is 0 Å². The van der Waals surface area contributed by atoms with Gasteiger partial charge in [-0.25, -0.2) is 0 Å². The number of nitrogens with zero attached hydrogens (tertiary/aromatic N) is 6. The van der Waals surface area contributed by atoms with Gasteiger partial charge < -0.3 is 4.90 Å². The molecule has 1 aromatic carbocycles. The van der Waals surface area contributed by atoms with Crippen LogP contribution in [0.2, 0.25) is 0 Å². The summed E-state index contributed by atoms with van der Waals surface area (Å²) in [5.74, 6) is 3.18. The molecule has 1 aliphatic rings. The van der Waals surface area contributed by atoms with Gasteiger partial charge in [-0.1, -0.05) is 18.2 Å². The molecule has 0 saturated heterocycles. The van der Waals surface area contributed by atoms with Crippen LogP contribution in [-0.4, -0.2) is 44.1 Å². The van der Waals surface area contributed by atoms with E-state index in [2.05, 4.69) is 36.8 Å². The zero-order valence-electron chi connectivity index (χ0n) is 14.0. The Morgan fingerprint density at radius 3 is 2.88 bits per heavy atom. The van der Waals surface area contributed by atoms with Gasteiger partial charge >= 0.3 is 0 Å². The zero-order valence-corrected chi connectivity index (χ0v) is 14.0. The van der Waals surface area contributed by atoms with Crippen molar-refractivity contribution in [2.45, 2.75) is 37.9 Å². The first-order valence-electron chi connectivity index (χ1n) is 8.06. The summed E-state index contributed by atoms with van der Waals surface area (Å²) in [6, 6.07) is 7.74. The van der Waals surface area contributed by atoms with Crippen molar-refractivity contribution in [3.05, 3.63) is 29.8 Å². The highest BCUT2D eigenvalue weighted by Crippen LogP contribution is 2.37. The van der Waals surface area contributed by atoms with E-state index >= 15 is 0 Å². The topological polar surface area (TPSA) is 99.5 Å². The maximum absolute atomic E-state index is 12.4. The number of nitrogens with one attached hydrogen (secondary N) is 1. The normalized spacial score (nSPS) is 14.1. The monoisotopic (exact) mass is 337 g/mol. The van der Waals surface area contributed by atoms with Gasteiger partial charge in [0.15, 0.2) is 5.66 Å². The minimum absolute atomic E-state index is 0.0577. The van der Waals surface area contributed by atoms with Crippen LogP contribution in [0.15, 0.2) is 34.5 Å². The van der Waals surface area contributed by atoms with Crippen molar-refractivity contribution in [1.29, 1.82) is 0 Å². The molecule has 1 amide bonds. The SMILES string of the molecule is C#CCCC1(CCC(=O)N(C)Cc2cccc(-c3nn[nH]n3)c2)N=N1. The van der Waals surface area contributed by atoms with E-state index in [0.717, 1.165) is 11.1 Å². The minimum atomic E-state index is -0.415. The summed E-state index contributed by atoms with van der Waals surface area (Å²) in [7, 11) is 1.79. The van der Waals surface area contributed by atoms with Crippen molar-refractivity contribution in [3.63, 3.8) is 0 Å². The summed E-state index contributed by atoms with van der Waals surface area (Å²) < 4.78 is 0. The lowest BCUT2D eigenvalue weighted by molar-refractivity contribution is -0.130. The largest absolute Gasteiger partial charge is 0.341 e. The molecule has 0 aliphatic carbocycles. The molecule has 0 fully saturated rings. The van der Waals surface area contributed by atoms with Gasteiger partial charge in [0, 0.05) is 44.8 Å². The quantitative estimate of drug-likeness (QED) is 0.746. The number of H-pyrrole nitrogens is 1. The predicted octanol–water partition coefficient (Wildman–Crippen LogP) is 2.18. The number of tetrazole rings is 1. The van der Waals surface area contributed by atoms with E-state index in [9.17, 15) is 4.79 Å². The molecule has 8 heteroatoms. The Morgan fingerprint density at radius 1 is 1.36 bits per heavy atom. The highest BCUT2D eigenvalue weighted by atomic mass is 16.2. The fourth-order valence-corrected chi connectivity index (χ4v) is 2.62. The zero-order chi connectivity index (χ0) is 17.7. The lowest BCUT2D eigenvalue weighted by atomic mass is 10.0. The summed E-state index contributed by atoms with van der Waals surface area (Å²) in [6.07, 6.45) is 7.63. The number of aromatic nitrogens is 4. The van der Waals surface area contributed by atoms with Crippen molar-refractivity contribution in [2.24, 2.45) is 10.2 Å². The lowest BCUT2D eigenvalue weighted by Crippen LogP contribution is -2.27. The first-order valence-corrected chi connectivity index (χ1v) is 8.06. The van der Waals surface area contributed by atoms with E-state index in [-0.39, 0.29) is 5.91 Å². The number of carbonyl (C=O) groups is 1. The van der Waals surface area contributed by atoms with Crippen molar-refractivity contribution in [3.8, 4) is 23.7 Å². The number of hydrogen-bond donors (Lipinski definition) is 1. The number of aromatic amines is 1. The van der Waals surface area contributed by atoms with Gasteiger partial charge in [-0.2, -0.15) is 15.4 Å². The van der Waals surface area contributed by atoms with E-state index in [4.69, 9.17) is 6.42 Å². The first-order chi connectivity index (χ1) is 12.1. The van der Waals surface area contributed by atoms with Gasteiger partial charge in [-0.05, 0) is 16.8 Å². The van der Waals surface area contributed by atoms with E-state index < -0.39 is 5.66 Å². The Bertz CT molecular complexity index is 801. The number of hydrogen-bond acceptors (Lipinski definition) is 6. The first kappa shape index (κ1) is 16.8. The molecule has 2 heterocycles. The van der Waals surface area contributed by atoms with Gasteiger partial charge in [0.05, 0.1) is 0 Å². The summed E-state index contributed by atoms with van der Waals surface area (Å²) in [4.78, 5) is 14.1. The van der Waals surface area contributed by atoms with Crippen LogP contribution in [0, 0.1) is 12.3 Å². The molecule has 2 aromatic rings. The maximum atomic E-state index is 12.4. The number of terminal acetylenes is 1. The van der Waals surface area contributed by atoms with E-state index in [1.807, 2.05) is 24.3 Å². The van der Waals surface area contributed by atoms with Crippen LogP contribution in [0.3, 0.4) is 0 Å². The molecule has 0 radical (unpaired) electrons. The molecule has 1 N–H and O–H groups in total. The number of amides is 1. The average molecular weight is 337 g/mol. The third-order valence-electron chi connectivity index (χ3n) is 4.17. The number of benzene rings is 1. The molecule has 1 aromatic heterocycles. The van der Waals surface area contributed by atoms with Gasteiger partial charge in [-0.15, -0.1) is 22.5 Å². The lowest BCUT2D eigenvalue weighted by Gasteiger charge is -2.18. The Hall–Kier alpha value is -3.08. The second-order valence-electron chi connectivity index (χ2n) is 6.07. The molecule has 1 aliphatic heterocycles. The molecular weight excluding hydrogens is 318 g/mol. The molecule has 0 unspecified atom stereocenters. The fourth-order valence-electron chi connectivity index (χ4n) is 2.62. The predicted molar refractivity (Wildman–Crippen MR) is 91.0 cm³/mol. The number of carbonyl (C=O) groups excluding carboxylic acids is 1. The minimum Gasteiger partial charge on any atom is -0.341 e. The average Bonchev–Trinajstić information content (AvgIpc) is 3.17. The second-order valence-corrected chi connectivity index (χ2v) is 6.07. The van der Waals surface area contributed by atoms with Crippen molar-refractivity contribution < 1.29 is 4.79 Å². The molecule has 0 atom stereocenters. The summed E-state index contributed by atoms with van der Waals surface area (Å²) in [5, 5.41) is 22.1. The van der Waals surface area contributed by atoms with Crippen LogP contribution in [-0.2, 0) is 11.3 Å². The standard InChI is InChI=1S/C17H19N7O/c1-3-4-9-17(20-21-17)10-8-15(25)24(2)12-13-6-5-7-14(11-13)16-18-22-23-19-16/h1,5-7,11H,4,8-10,12H2,2H3,(H,18,19,22,23). The molecule has 3 rings (SSSR count). The van der Waals surface area contributed by atoms with Gasteiger partial charge in [0.2, 0.25) is 11.7 Å². The maximum Gasteiger partial charge on any atom is 0.222 e. The van der Waals surface area contributed by atoms with Crippen molar-refractivity contribution in [2.75, 3.05) is 7.05 Å². The van der Waals surface area contributed by atoms with Crippen LogP contribution in [0.1, 0.15) is 31.2 Å². The Kier molecular flexibility index (Phi) is 4.84. The fraction of sp³-hybridized carbons (Fsp3) is 0.412. The van der Waals surface area contributed by atoms with Crippen LogP contribution in [0.4, 0.5) is 0 Å². The van der Waals surface area contributed by atoms with Crippen molar-refractivity contribution in [1.82, 2.24) is 25.5 Å². The third-order valence-corrected chi connectivity index (χ3v) is 4.17. The molecule has 25 heavy (non-hydrogen) atoms. The van der Waals surface area contributed by atoms with Gasteiger partial charge in [0.25, 0.3) is 0 Å². The summed E-state index contributed by atoms with van der Waals surface area (Å²) in [5.41, 5.74) is 1.44. The van der Waals surface area contributed by atoms with E-state index in [1.54, 1.807) is 11.9 Å². The van der Waals surface area contributed by atoms with E-state index in [0.29, 0.717) is 38.1 Å². The highest BCUT2D eigenvalue weighted by Gasteiger charge is 2.39. The third kappa shape index (κ3) is 4.26. The van der Waals surface area contributed by atoms with Crippen LogP contribution in [0.5, 0.6) is 0 Å². The Morgan fingerprint density at radius 2 is 2.20 bits per heavy atom. The van der Waals surface area contributed by atoms with Gasteiger partial charge in [-0.3, -0.25) is 4.79 Å². The molecule has 8 nitrogen and oxygen atoms in total. The van der Waals surface area contributed by atoms with Crippen LogP contribution >= 0.6 is 0 Å². The Balaban J connectivity index is 1.53. The molecule has 128 valence electrons. The second kappa shape index (κ2) is 7.21. The molecule has 0 saturated carbocycles. The smallest absolute Gasteiger partial charge is 0.222 e. The highest BCUT2D eigenvalue weighted by molar-refractivity contribution is 5.76. The summed E-state index contributed by atoms with van der Waals surface area (Å²) >= 11 is 0.